The Balaban J connectivity index is 1.01. The Morgan fingerprint density at radius 2 is 1.75 bits per heavy atom. The lowest BCUT2D eigenvalue weighted by atomic mass is 9.78. The molecule has 6 atom stereocenters. The zero-order valence-corrected chi connectivity index (χ0v) is 22.0. The summed E-state index contributed by atoms with van der Waals surface area (Å²) in [5.74, 6) is 4.33. The summed E-state index contributed by atoms with van der Waals surface area (Å²) in [5, 5.41) is 12.9. The quantitative estimate of drug-likeness (QED) is 0.569. The van der Waals surface area contributed by atoms with Crippen LogP contribution in [0.1, 0.15) is 44.9 Å². The summed E-state index contributed by atoms with van der Waals surface area (Å²) in [4.78, 5) is 17.9. The summed E-state index contributed by atoms with van der Waals surface area (Å²) in [6, 6.07) is 8.44. The number of likely N-dealkylation sites (tertiary alicyclic amines) is 1. The summed E-state index contributed by atoms with van der Waals surface area (Å²) in [6.07, 6.45) is 8.59. The number of quaternary nitrogens is 1. The van der Waals surface area contributed by atoms with Crippen LogP contribution in [0.2, 0.25) is 0 Å². The van der Waals surface area contributed by atoms with Gasteiger partial charge in [0.1, 0.15) is 19.6 Å². The molecule has 1 aromatic carbocycles. The number of fused-ring (bicyclic) bond motifs is 6. The van der Waals surface area contributed by atoms with Crippen LogP contribution < -0.4 is 4.90 Å². The van der Waals surface area contributed by atoms with Crippen molar-refractivity contribution >= 4 is 33.3 Å². The zero-order valence-electron chi connectivity index (χ0n) is 21.2. The van der Waals surface area contributed by atoms with Crippen molar-refractivity contribution in [3.8, 4) is 0 Å². The van der Waals surface area contributed by atoms with E-state index in [9.17, 15) is 10.0 Å². The summed E-state index contributed by atoms with van der Waals surface area (Å²) >= 11 is 1.56. The highest BCUT2D eigenvalue weighted by Gasteiger charge is 2.58. The third-order valence-corrected chi connectivity index (χ3v) is 11.3. The van der Waals surface area contributed by atoms with E-state index in [0.717, 1.165) is 57.2 Å². The summed E-state index contributed by atoms with van der Waals surface area (Å²) in [7, 11) is 0. The van der Waals surface area contributed by atoms with Gasteiger partial charge in [0.25, 0.3) is 0 Å². The molecule has 2 bridgehead atoms. The number of hydrogen-bond acceptors (Lipinski definition) is 5. The fourth-order valence-electron chi connectivity index (χ4n) is 8.60. The number of benzene rings is 1. The van der Waals surface area contributed by atoms with E-state index in [4.69, 9.17) is 4.37 Å². The lowest BCUT2D eigenvalue weighted by Gasteiger charge is -2.43. The first-order valence-corrected chi connectivity index (χ1v) is 15.0. The fraction of sp³-hybridized carbons (Fsp3) is 0.655. The molecule has 1 aromatic heterocycles. The number of nitrogens with zero attached hydrogens (tertiary/aromatic N) is 4. The van der Waals surface area contributed by atoms with Crippen LogP contribution in [0.5, 0.6) is 0 Å². The molecule has 1 amide bonds. The Kier molecular flexibility index (Phi) is 5.67. The van der Waals surface area contributed by atoms with Crippen LogP contribution >= 0.6 is 11.5 Å². The third-order valence-electron chi connectivity index (χ3n) is 10.5. The van der Waals surface area contributed by atoms with Crippen molar-refractivity contribution in [2.75, 3.05) is 44.2 Å². The van der Waals surface area contributed by atoms with Crippen molar-refractivity contribution in [1.82, 2.24) is 9.27 Å². The Labute approximate surface area is 218 Å². The first-order valence-electron chi connectivity index (χ1n) is 14.2. The van der Waals surface area contributed by atoms with Crippen LogP contribution in [0.15, 0.2) is 36.5 Å². The second kappa shape index (κ2) is 8.81. The van der Waals surface area contributed by atoms with Gasteiger partial charge < -0.3 is 9.80 Å². The van der Waals surface area contributed by atoms with E-state index in [1.165, 1.54) is 48.6 Å². The Morgan fingerprint density at radius 3 is 2.53 bits per heavy atom. The third kappa shape index (κ3) is 3.72. The van der Waals surface area contributed by atoms with Crippen molar-refractivity contribution in [3.05, 3.63) is 36.5 Å². The Bertz CT molecular complexity index is 1140. The van der Waals surface area contributed by atoms with Gasteiger partial charge in [-0.1, -0.05) is 31.6 Å². The normalized spacial score (nSPS) is 35.7. The van der Waals surface area contributed by atoms with Crippen molar-refractivity contribution in [2.45, 2.75) is 44.9 Å². The van der Waals surface area contributed by atoms with Gasteiger partial charge in [0.15, 0.2) is 5.82 Å². The minimum atomic E-state index is 0.157. The smallest absolute Gasteiger partial charge is 0.230 e. The van der Waals surface area contributed by atoms with E-state index in [-0.39, 0.29) is 10.6 Å². The van der Waals surface area contributed by atoms with Crippen LogP contribution in [0.3, 0.4) is 0 Å². The fourth-order valence-corrected chi connectivity index (χ4v) is 9.40. The number of anilines is 1. The molecule has 2 saturated heterocycles. The molecule has 192 valence electrons. The molecule has 5 aliphatic rings. The number of carbonyl (C=O) groups excluding carboxylic acids is 1. The number of hydrogen-bond donors (Lipinski definition) is 1. The lowest BCUT2D eigenvalue weighted by Crippen LogP contribution is -2.60. The number of hydroxylamine groups is 3. The first-order chi connectivity index (χ1) is 17.5. The molecule has 5 fully saturated rings. The molecule has 3 heterocycles. The average molecular weight is 508 g/mol. The molecule has 2 aliphatic heterocycles. The van der Waals surface area contributed by atoms with E-state index in [1.807, 2.05) is 0 Å². The molecule has 2 aromatic rings. The summed E-state index contributed by atoms with van der Waals surface area (Å²) in [5.41, 5.74) is 1.12. The van der Waals surface area contributed by atoms with Gasteiger partial charge in [-0.3, -0.25) is 4.79 Å². The molecule has 36 heavy (non-hydrogen) atoms. The van der Waals surface area contributed by atoms with Crippen LogP contribution in [0.4, 0.5) is 5.82 Å². The van der Waals surface area contributed by atoms with Gasteiger partial charge in [-0.2, -0.15) is 9.02 Å². The maximum absolute atomic E-state index is 13.5. The number of amides is 1. The molecule has 3 aliphatic carbocycles. The average Bonchev–Trinajstić information content (AvgIpc) is 3.66. The Hall–Kier alpha value is -1.96. The highest BCUT2D eigenvalue weighted by Crippen LogP contribution is 2.59. The zero-order chi connectivity index (χ0) is 24.4. The second-order valence-corrected chi connectivity index (χ2v) is 13.1. The molecule has 1 N–H and O–H groups in total. The highest BCUT2D eigenvalue weighted by atomic mass is 32.1. The minimum Gasteiger partial charge on any atom is -0.344 e. The molecule has 7 rings (SSSR count). The molecule has 7 heteroatoms. The van der Waals surface area contributed by atoms with E-state index in [2.05, 4.69) is 40.6 Å². The van der Waals surface area contributed by atoms with Crippen molar-refractivity contribution in [1.29, 1.82) is 0 Å². The molecule has 3 saturated carbocycles. The molecule has 0 radical (unpaired) electrons. The van der Waals surface area contributed by atoms with Crippen molar-refractivity contribution < 1.29 is 14.6 Å². The van der Waals surface area contributed by atoms with Gasteiger partial charge in [-0.15, -0.1) is 0 Å². The van der Waals surface area contributed by atoms with Crippen LogP contribution in [-0.2, 0) is 4.79 Å². The standard InChI is InChI=1S/C29H39N4O2S/c1-19-26-20-10-11-21(16-20)27(26)29(34)32(19)17-22-6-2-3-7-23(22)18-33(35)14-12-31(13-15-33)28-24-8-4-5-9-25(24)36-30-28/h4-5,8-9,20-23,26-27,35H,1-3,6-7,10-18H2/q+1/t20-,21+,22-,23-,26+,27-/m0/s1. The maximum Gasteiger partial charge on any atom is 0.230 e. The first kappa shape index (κ1) is 23.2. The number of allylic oxidation sites excluding steroid dienone is 1. The van der Waals surface area contributed by atoms with Gasteiger partial charge in [-0.05, 0) is 73.5 Å². The second-order valence-electron chi connectivity index (χ2n) is 12.3. The monoisotopic (exact) mass is 507 g/mol. The van der Waals surface area contributed by atoms with Gasteiger partial charge in [0.2, 0.25) is 5.91 Å². The Morgan fingerprint density at radius 1 is 1.03 bits per heavy atom. The van der Waals surface area contributed by atoms with Gasteiger partial charge >= 0.3 is 0 Å². The number of piperazine rings is 1. The van der Waals surface area contributed by atoms with E-state index in [1.54, 1.807) is 11.5 Å². The molecule has 0 spiro atoms. The minimum absolute atomic E-state index is 0.157. The molecule has 0 unspecified atom stereocenters. The van der Waals surface area contributed by atoms with Crippen LogP contribution in [-0.4, -0.2) is 64.3 Å². The van der Waals surface area contributed by atoms with E-state index < -0.39 is 0 Å². The predicted molar refractivity (Wildman–Crippen MR) is 143 cm³/mol. The SMILES string of the molecule is C=C1[C@@H]2[C@H]3CC[C@H](C3)[C@@H]2C(=O)N1C[C@@H]1CCCC[C@H]1C[N+]1(O)CCN(c2nsc3ccccc23)CC1. The van der Waals surface area contributed by atoms with Crippen LogP contribution in [0, 0.1) is 35.5 Å². The lowest BCUT2D eigenvalue weighted by molar-refractivity contribution is -1.10. The maximum atomic E-state index is 13.5. The number of carbonyl (C=O) groups is 1. The molecular formula is C29H39N4O2S+. The van der Waals surface area contributed by atoms with Gasteiger partial charge in [-0.25, -0.2) is 5.21 Å². The van der Waals surface area contributed by atoms with E-state index >= 15 is 0 Å². The number of aromatic nitrogens is 1. The van der Waals surface area contributed by atoms with Crippen LogP contribution in [0.25, 0.3) is 10.1 Å². The topological polar surface area (TPSA) is 56.7 Å². The molecular weight excluding hydrogens is 468 g/mol. The number of rotatable bonds is 5. The van der Waals surface area contributed by atoms with Crippen molar-refractivity contribution in [3.63, 3.8) is 0 Å². The molecule has 6 nitrogen and oxygen atoms in total. The van der Waals surface area contributed by atoms with Gasteiger partial charge in [0.05, 0.1) is 17.8 Å². The predicted octanol–water partition coefficient (Wildman–Crippen LogP) is 5.15. The highest BCUT2D eigenvalue weighted by molar-refractivity contribution is 7.13. The summed E-state index contributed by atoms with van der Waals surface area (Å²) < 4.78 is 6.12. The van der Waals surface area contributed by atoms with Gasteiger partial charge in [0, 0.05) is 35.4 Å². The summed E-state index contributed by atoms with van der Waals surface area (Å²) in [6.45, 7) is 9.22. The largest absolute Gasteiger partial charge is 0.344 e. The van der Waals surface area contributed by atoms with E-state index in [0.29, 0.717) is 35.5 Å². The van der Waals surface area contributed by atoms with Crippen molar-refractivity contribution in [2.24, 2.45) is 35.5 Å².